The first kappa shape index (κ1) is 12.6. The Balaban J connectivity index is 2.82. The summed E-state index contributed by atoms with van der Waals surface area (Å²) in [5.74, 6) is -6.36. The van der Waals surface area contributed by atoms with Crippen LogP contribution in [0.5, 0.6) is 0 Å². The van der Waals surface area contributed by atoms with Gasteiger partial charge in [0, 0.05) is 6.08 Å². The van der Waals surface area contributed by atoms with Crippen molar-refractivity contribution in [2.45, 2.75) is 18.7 Å². The summed E-state index contributed by atoms with van der Waals surface area (Å²) in [5, 5.41) is 2.43. The molecule has 0 aromatic heterocycles. The van der Waals surface area contributed by atoms with Gasteiger partial charge in [-0.1, -0.05) is 0 Å². The van der Waals surface area contributed by atoms with Crippen LogP contribution in [0.3, 0.4) is 0 Å². The van der Waals surface area contributed by atoms with Crippen molar-refractivity contribution in [2.75, 3.05) is 0 Å². The van der Waals surface area contributed by atoms with Crippen LogP contribution in [0.25, 0.3) is 0 Å². The normalized spacial score (nSPS) is 17.0. The maximum absolute atomic E-state index is 12.5. The van der Waals surface area contributed by atoms with Gasteiger partial charge < -0.3 is 4.74 Å². The molecule has 0 amide bonds. The molecule has 1 heterocycles. The third kappa shape index (κ3) is 2.36. The number of hydrogen-bond acceptors (Lipinski definition) is 2. The lowest BCUT2D eigenvalue weighted by Crippen LogP contribution is -2.42. The second kappa shape index (κ2) is 3.83. The van der Waals surface area contributed by atoms with Crippen molar-refractivity contribution in [1.82, 2.24) is 5.43 Å². The largest absolute Gasteiger partial charge is 0.459 e. The van der Waals surface area contributed by atoms with Gasteiger partial charge in [-0.3, -0.25) is 0 Å². The van der Waals surface area contributed by atoms with Crippen LogP contribution in [0, 0.1) is 0 Å². The molecule has 1 aliphatic heterocycles. The van der Waals surface area contributed by atoms with Crippen molar-refractivity contribution < 1.29 is 35.5 Å². The highest BCUT2D eigenvalue weighted by molar-refractivity contribution is 6.02. The van der Waals surface area contributed by atoms with Gasteiger partial charge >= 0.3 is 18.7 Å². The zero-order chi connectivity index (χ0) is 12.6. The van der Waals surface area contributed by atoms with Crippen molar-refractivity contribution in [3.63, 3.8) is 0 Å². The van der Waals surface area contributed by atoms with E-state index in [1.807, 2.05) is 0 Å². The quantitative estimate of drug-likeness (QED) is 0.708. The van der Waals surface area contributed by atoms with Gasteiger partial charge in [-0.05, 0) is 0 Å². The van der Waals surface area contributed by atoms with Gasteiger partial charge in [0.15, 0.2) is 0 Å². The summed E-state index contributed by atoms with van der Waals surface area (Å²) in [4.78, 5) is 0. The standard InChI is InChI=1S/C6H2F7N2O/c7-4(8)16-3-1-2(14-15-3)5(9,10)6(11,12)13/h1,4H. The minimum Gasteiger partial charge on any atom is -0.415 e. The molecular weight excluding hydrogens is 249 g/mol. The summed E-state index contributed by atoms with van der Waals surface area (Å²) < 4.78 is 87.1. The Morgan fingerprint density at radius 2 is 1.69 bits per heavy atom. The van der Waals surface area contributed by atoms with Crippen molar-refractivity contribution >= 4 is 5.71 Å². The van der Waals surface area contributed by atoms with Crippen molar-refractivity contribution in [3.05, 3.63) is 12.0 Å². The first-order valence-electron chi connectivity index (χ1n) is 3.55. The number of ether oxygens (including phenoxy) is 1. The lowest BCUT2D eigenvalue weighted by Gasteiger charge is -2.17. The third-order valence-electron chi connectivity index (χ3n) is 1.40. The zero-order valence-electron chi connectivity index (χ0n) is 7.10. The van der Waals surface area contributed by atoms with Crippen LogP contribution in [0.1, 0.15) is 0 Å². The molecule has 0 aromatic carbocycles. The van der Waals surface area contributed by atoms with Crippen molar-refractivity contribution in [1.29, 1.82) is 0 Å². The van der Waals surface area contributed by atoms with E-state index < -0.39 is 30.3 Å². The molecular formula is C6H2F7N2O. The van der Waals surface area contributed by atoms with E-state index in [1.54, 1.807) is 0 Å². The molecule has 91 valence electrons. The van der Waals surface area contributed by atoms with E-state index in [2.05, 4.69) is 15.3 Å². The van der Waals surface area contributed by atoms with E-state index in [4.69, 9.17) is 0 Å². The summed E-state index contributed by atoms with van der Waals surface area (Å²) in [6.07, 6.45) is -5.88. The van der Waals surface area contributed by atoms with E-state index in [-0.39, 0.29) is 6.08 Å². The van der Waals surface area contributed by atoms with Crippen LogP contribution < -0.4 is 5.43 Å². The van der Waals surface area contributed by atoms with Gasteiger partial charge in [0.2, 0.25) is 5.88 Å². The lowest BCUT2D eigenvalue weighted by molar-refractivity contribution is -0.248. The number of halogens is 7. The molecule has 1 aliphatic rings. The van der Waals surface area contributed by atoms with Gasteiger partial charge in [0.25, 0.3) is 0 Å². The molecule has 0 aliphatic carbocycles. The third-order valence-corrected chi connectivity index (χ3v) is 1.40. The van der Waals surface area contributed by atoms with Crippen LogP contribution >= 0.6 is 0 Å². The Bertz CT molecular complexity index is 332. The molecule has 0 saturated carbocycles. The van der Waals surface area contributed by atoms with Crippen LogP contribution in [0.2, 0.25) is 0 Å². The molecule has 16 heavy (non-hydrogen) atoms. The SMILES string of the molecule is FC(F)OC1=CC(C(F)(F)C(F)(F)F)=N[N]1. The molecule has 0 fully saturated rings. The Labute approximate surface area is 83.6 Å². The second-order valence-electron chi connectivity index (χ2n) is 2.52. The van der Waals surface area contributed by atoms with E-state index in [1.165, 1.54) is 0 Å². The Morgan fingerprint density at radius 3 is 2.12 bits per heavy atom. The van der Waals surface area contributed by atoms with E-state index in [9.17, 15) is 30.7 Å². The summed E-state index contributed by atoms with van der Waals surface area (Å²) in [7, 11) is 0. The predicted octanol–water partition coefficient (Wildman–Crippen LogP) is 2.24. The number of hydrogen-bond donors (Lipinski definition) is 0. The molecule has 0 N–H and O–H groups in total. The average Bonchev–Trinajstić information content (AvgIpc) is 2.49. The number of nitrogens with zero attached hydrogens (tertiary/aromatic N) is 2. The molecule has 0 spiro atoms. The highest BCUT2D eigenvalue weighted by Gasteiger charge is 2.61. The summed E-state index contributed by atoms with van der Waals surface area (Å²) in [6, 6.07) is 0. The van der Waals surface area contributed by atoms with Gasteiger partial charge in [-0.15, -0.1) is 10.5 Å². The van der Waals surface area contributed by atoms with Crippen LogP contribution in [-0.4, -0.2) is 24.4 Å². The second-order valence-corrected chi connectivity index (χ2v) is 2.52. The smallest absolute Gasteiger partial charge is 0.415 e. The van der Waals surface area contributed by atoms with E-state index in [0.29, 0.717) is 0 Å². The van der Waals surface area contributed by atoms with Gasteiger partial charge in [-0.2, -0.15) is 30.7 Å². The number of rotatable bonds is 3. The summed E-state index contributed by atoms with van der Waals surface area (Å²) in [5.41, 5.74) is 0.808. The summed E-state index contributed by atoms with van der Waals surface area (Å²) in [6.45, 7) is -3.39. The maximum atomic E-state index is 12.5. The zero-order valence-corrected chi connectivity index (χ0v) is 7.10. The average molecular weight is 251 g/mol. The molecule has 0 atom stereocenters. The van der Waals surface area contributed by atoms with Crippen LogP contribution in [0.4, 0.5) is 30.7 Å². The van der Waals surface area contributed by atoms with Crippen molar-refractivity contribution in [3.8, 4) is 0 Å². The fraction of sp³-hybridized carbons (Fsp3) is 0.500. The Hall–Kier alpha value is -1.48. The lowest BCUT2D eigenvalue weighted by atomic mass is 10.2. The fourth-order valence-corrected chi connectivity index (χ4v) is 0.725. The minimum atomic E-state index is -5.88. The van der Waals surface area contributed by atoms with E-state index >= 15 is 0 Å². The maximum Gasteiger partial charge on any atom is 0.459 e. The minimum absolute atomic E-state index is 0.000347. The highest BCUT2D eigenvalue weighted by Crippen LogP contribution is 2.38. The van der Waals surface area contributed by atoms with Gasteiger partial charge in [0.1, 0.15) is 5.71 Å². The molecule has 0 saturated heterocycles. The first-order valence-corrected chi connectivity index (χ1v) is 3.55. The fourth-order valence-electron chi connectivity index (χ4n) is 0.725. The molecule has 0 aromatic rings. The van der Waals surface area contributed by atoms with Gasteiger partial charge in [0.05, 0.1) is 0 Å². The Morgan fingerprint density at radius 1 is 1.12 bits per heavy atom. The monoisotopic (exact) mass is 251 g/mol. The Kier molecular flexibility index (Phi) is 3.01. The molecule has 10 heteroatoms. The first-order chi connectivity index (χ1) is 7.14. The molecule has 1 radical (unpaired) electrons. The molecule has 3 nitrogen and oxygen atoms in total. The van der Waals surface area contributed by atoms with Crippen molar-refractivity contribution in [2.24, 2.45) is 5.10 Å². The number of allylic oxidation sites excluding steroid dienone is 1. The highest BCUT2D eigenvalue weighted by atomic mass is 19.4. The van der Waals surface area contributed by atoms with E-state index in [0.717, 1.165) is 0 Å². The molecule has 1 rings (SSSR count). The van der Waals surface area contributed by atoms with Gasteiger partial charge in [-0.25, -0.2) is 0 Å². The molecule has 0 unspecified atom stereocenters. The topological polar surface area (TPSA) is 35.7 Å². The molecule has 0 bridgehead atoms. The predicted molar refractivity (Wildman–Crippen MR) is 35.7 cm³/mol. The van der Waals surface area contributed by atoms with Crippen LogP contribution in [0.15, 0.2) is 17.1 Å². The number of alkyl halides is 7. The summed E-state index contributed by atoms with van der Waals surface area (Å²) >= 11 is 0. The van der Waals surface area contributed by atoms with Crippen LogP contribution in [-0.2, 0) is 4.74 Å².